The molecular formula is C38H52N2O16S4. The number of nitrogens with zero attached hydrogens (tertiary/aromatic N) is 2. The van der Waals surface area contributed by atoms with Gasteiger partial charge in [-0.2, -0.15) is 29.8 Å². The van der Waals surface area contributed by atoms with Crippen LogP contribution in [0, 0.1) is 0 Å². The summed E-state index contributed by atoms with van der Waals surface area (Å²) in [5.41, 5.74) is 0.776. The first-order chi connectivity index (χ1) is 27.8. The number of carboxylic acid groups (broad SMARTS) is 1. The van der Waals surface area contributed by atoms with Crippen molar-refractivity contribution >= 4 is 63.5 Å². The van der Waals surface area contributed by atoms with Gasteiger partial charge in [0.15, 0.2) is 5.71 Å². The van der Waals surface area contributed by atoms with Gasteiger partial charge in [0, 0.05) is 66.8 Å². The molecule has 2 aromatic carbocycles. The van der Waals surface area contributed by atoms with Gasteiger partial charge in [0.1, 0.15) is 6.54 Å². The van der Waals surface area contributed by atoms with Crippen molar-refractivity contribution in [3.8, 4) is 0 Å². The predicted octanol–water partition coefficient (Wildman–Crippen LogP) is 4.06. The van der Waals surface area contributed by atoms with Crippen molar-refractivity contribution in [1.29, 1.82) is 0 Å². The van der Waals surface area contributed by atoms with Crippen molar-refractivity contribution in [2.75, 3.05) is 56.4 Å². The fraction of sp³-hybridized carbons (Fsp3) is 0.526. The standard InChI is InChI=1S/C38H52N2O16S4/c1-37(17-8-24-57(43,44)45)30-26-28(59(49,50)51)13-15-32(30)39(19-6-4-5-12-36(41)42)34(37)10-7-11-35-38(2,18-9-25-58(46,47)48)31-27-29(60(52,53)54)14-16-33(31)40(35)20-21-56-23-22-55-3/h7,10-11,13-16,26-27H,4-6,8-9,12,17-25H2,1-3H3,(H4-,41,42,43,44,45,46,47,48,49,50,51,52,53,54). The number of aliphatic carboxylic acids is 1. The number of allylic oxidation sites excluding steroid dienone is 4. The largest absolute Gasteiger partial charge is 0.748 e. The third-order valence-corrected chi connectivity index (χ3v) is 14.1. The fourth-order valence-electron chi connectivity index (χ4n) is 7.96. The van der Waals surface area contributed by atoms with E-state index in [1.165, 1.54) is 43.5 Å². The zero-order valence-corrected chi connectivity index (χ0v) is 36.8. The lowest BCUT2D eigenvalue weighted by atomic mass is 9.75. The van der Waals surface area contributed by atoms with Gasteiger partial charge in [-0.25, -0.2) is 8.42 Å². The highest BCUT2D eigenvalue weighted by molar-refractivity contribution is 7.86. The number of rotatable bonds is 24. The summed E-state index contributed by atoms with van der Waals surface area (Å²) < 4.78 is 150. The van der Waals surface area contributed by atoms with Crippen LogP contribution in [0.1, 0.15) is 76.3 Å². The summed E-state index contributed by atoms with van der Waals surface area (Å²) in [6.45, 7) is 4.79. The Morgan fingerprint density at radius 3 is 2.02 bits per heavy atom. The second-order valence-electron chi connectivity index (χ2n) is 15.1. The van der Waals surface area contributed by atoms with E-state index in [-0.39, 0.29) is 51.9 Å². The molecule has 60 heavy (non-hydrogen) atoms. The highest BCUT2D eigenvalue weighted by atomic mass is 32.2. The summed E-state index contributed by atoms with van der Waals surface area (Å²) in [7, 11) is -16.9. The van der Waals surface area contributed by atoms with Crippen LogP contribution >= 0.6 is 0 Å². The van der Waals surface area contributed by atoms with Gasteiger partial charge >= 0.3 is 5.97 Å². The van der Waals surface area contributed by atoms with Gasteiger partial charge in [-0.3, -0.25) is 18.5 Å². The van der Waals surface area contributed by atoms with E-state index in [1.54, 1.807) is 32.1 Å². The Labute approximate surface area is 351 Å². The van der Waals surface area contributed by atoms with Crippen molar-refractivity contribution in [2.24, 2.45) is 0 Å². The quantitative estimate of drug-likeness (QED) is 0.0656. The third-order valence-electron chi connectivity index (χ3n) is 10.8. The number of hydrogen-bond donors (Lipinski definition) is 4. The number of benzene rings is 2. The minimum Gasteiger partial charge on any atom is -0.748 e. The van der Waals surface area contributed by atoms with Gasteiger partial charge in [0.25, 0.3) is 30.4 Å². The SMILES string of the molecule is COCCOCCN1C(=CC=CC2=[N+](CCCCCC(=O)O)c3ccc(S(=O)(=O)O)cc3C2(C)CCCS(=O)(=O)O)C(C)(CCCS(=O)(=O)[O-])c2cc(S(=O)(=O)O)ccc21. The Bertz CT molecular complexity index is 2470. The predicted molar refractivity (Wildman–Crippen MR) is 220 cm³/mol. The molecule has 2 heterocycles. The zero-order chi connectivity index (χ0) is 44.7. The average Bonchev–Trinajstić information content (AvgIpc) is 3.49. The summed E-state index contributed by atoms with van der Waals surface area (Å²) in [4.78, 5) is 12.2. The van der Waals surface area contributed by atoms with Gasteiger partial charge < -0.3 is 24.0 Å². The van der Waals surface area contributed by atoms with Crippen LogP contribution in [0.4, 0.5) is 11.4 Å². The van der Waals surface area contributed by atoms with E-state index in [1.807, 2.05) is 9.48 Å². The van der Waals surface area contributed by atoms with E-state index >= 15 is 0 Å². The topological polar surface area (TPSA) is 282 Å². The molecule has 0 spiro atoms. The van der Waals surface area contributed by atoms with E-state index in [9.17, 15) is 56.7 Å². The summed E-state index contributed by atoms with van der Waals surface area (Å²) in [5, 5.41) is 9.16. The van der Waals surface area contributed by atoms with Gasteiger partial charge in [-0.05, 0) is 94.3 Å². The molecular weight excluding hydrogens is 869 g/mol. The molecule has 18 nitrogen and oxygen atoms in total. The maximum absolute atomic E-state index is 12.3. The molecule has 22 heteroatoms. The van der Waals surface area contributed by atoms with Crippen molar-refractivity contribution in [3.63, 3.8) is 0 Å². The molecule has 2 aromatic rings. The molecule has 2 aliphatic heterocycles. The molecule has 0 amide bonds. The molecule has 334 valence electrons. The summed E-state index contributed by atoms with van der Waals surface area (Å²) in [6.07, 6.45) is 6.44. The molecule has 0 fully saturated rings. The molecule has 2 aliphatic rings. The van der Waals surface area contributed by atoms with Crippen LogP contribution in [-0.4, -0.2) is 125 Å². The van der Waals surface area contributed by atoms with Crippen LogP contribution < -0.4 is 4.90 Å². The second kappa shape index (κ2) is 19.6. The lowest BCUT2D eigenvalue weighted by Gasteiger charge is -2.30. The minimum atomic E-state index is -4.68. The van der Waals surface area contributed by atoms with E-state index in [4.69, 9.17) is 14.6 Å². The van der Waals surface area contributed by atoms with Crippen LogP contribution in [-0.2, 0) is 65.6 Å². The van der Waals surface area contributed by atoms with Gasteiger partial charge in [-0.1, -0.05) is 6.08 Å². The smallest absolute Gasteiger partial charge is 0.303 e. The van der Waals surface area contributed by atoms with Crippen LogP contribution in [0.2, 0.25) is 0 Å². The first-order valence-electron chi connectivity index (χ1n) is 19.0. The molecule has 2 atom stereocenters. The molecule has 0 aromatic heterocycles. The Hall–Kier alpha value is -3.58. The first-order valence-corrected chi connectivity index (χ1v) is 25.1. The number of ether oxygens (including phenoxy) is 2. The number of methoxy groups -OCH3 is 1. The molecule has 0 saturated carbocycles. The third kappa shape index (κ3) is 12.5. The number of unbranched alkanes of at least 4 members (excludes halogenated alkanes) is 2. The molecule has 0 saturated heterocycles. The molecule has 4 rings (SSSR count). The van der Waals surface area contributed by atoms with Crippen molar-refractivity contribution in [2.45, 2.75) is 85.8 Å². The average molecular weight is 921 g/mol. The van der Waals surface area contributed by atoms with Crippen LogP contribution in [0.3, 0.4) is 0 Å². The molecule has 0 aliphatic carbocycles. The van der Waals surface area contributed by atoms with E-state index in [0.717, 1.165) is 0 Å². The van der Waals surface area contributed by atoms with Crippen LogP contribution in [0.5, 0.6) is 0 Å². The lowest BCUT2D eigenvalue weighted by Crippen LogP contribution is -2.32. The maximum atomic E-state index is 12.3. The fourth-order valence-corrected chi connectivity index (χ4v) is 9.98. The molecule has 0 radical (unpaired) electrons. The van der Waals surface area contributed by atoms with Crippen molar-refractivity contribution < 1.29 is 75.8 Å². The van der Waals surface area contributed by atoms with Gasteiger partial charge in [0.2, 0.25) is 5.69 Å². The van der Waals surface area contributed by atoms with Crippen LogP contribution in [0.25, 0.3) is 0 Å². The molecule has 4 N–H and O–H groups in total. The van der Waals surface area contributed by atoms with Crippen LogP contribution in [0.15, 0.2) is 70.1 Å². The number of hydrogen-bond acceptors (Lipinski definition) is 13. The monoisotopic (exact) mass is 920 g/mol. The summed E-state index contributed by atoms with van der Waals surface area (Å²) >= 11 is 0. The zero-order valence-electron chi connectivity index (χ0n) is 33.5. The second-order valence-corrected chi connectivity index (χ2v) is 21.1. The van der Waals surface area contributed by atoms with E-state index in [0.29, 0.717) is 66.3 Å². The van der Waals surface area contributed by atoms with E-state index in [2.05, 4.69) is 0 Å². The number of anilines is 1. The Kier molecular flexibility index (Phi) is 16.1. The summed E-state index contributed by atoms with van der Waals surface area (Å²) in [5.74, 6) is -2.26. The highest BCUT2D eigenvalue weighted by Crippen LogP contribution is 2.51. The molecule has 0 bridgehead atoms. The number of fused-ring (bicyclic) bond motifs is 2. The summed E-state index contributed by atoms with van der Waals surface area (Å²) in [6, 6.07) is 8.09. The Morgan fingerprint density at radius 1 is 0.800 bits per heavy atom. The number of carboxylic acids is 1. The molecule has 2 unspecified atom stereocenters. The minimum absolute atomic E-state index is 0.0484. The van der Waals surface area contributed by atoms with Gasteiger partial charge in [-0.15, -0.1) is 0 Å². The number of carbonyl (C=O) groups is 1. The Morgan fingerprint density at radius 2 is 1.42 bits per heavy atom. The maximum Gasteiger partial charge on any atom is 0.303 e. The highest BCUT2D eigenvalue weighted by Gasteiger charge is 2.48. The van der Waals surface area contributed by atoms with Crippen molar-refractivity contribution in [3.05, 3.63) is 71.5 Å². The first kappa shape index (κ1) is 49.1. The lowest BCUT2D eigenvalue weighted by molar-refractivity contribution is -0.438. The van der Waals surface area contributed by atoms with E-state index < -0.39 is 78.6 Å². The van der Waals surface area contributed by atoms with Crippen molar-refractivity contribution in [1.82, 2.24) is 0 Å². The van der Waals surface area contributed by atoms with Gasteiger partial charge in [0.05, 0.1) is 50.9 Å². The Balaban J connectivity index is 1.93. The normalized spacial score (nSPS) is 20.4.